The number of halogens is 4. The van der Waals surface area contributed by atoms with Gasteiger partial charge in [0, 0.05) is 15.4 Å². The van der Waals surface area contributed by atoms with Crippen LogP contribution in [-0.2, 0) is 0 Å². The minimum absolute atomic E-state index is 0.311. The Morgan fingerprint density at radius 1 is 0.810 bits per heavy atom. The zero-order valence-corrected chi connectivity index (χ0v) is 13.1. The molecule has 0 saturated heterocycles. The Bertz CT molecular complexity index is 817. The second kappa shape index (κ2) is 5.74. The van der Waals surface area contributed by atoms with E-state index in [1.165, 1.54) is 12.1 Å². The maximum Gasteiger partial charge on any atom is 0.131 e. The van der Waals surface area contributed by atoms with E-state index >= 15 is 0 Å². The van der Waals surface area contributed by atoms with Crippen LogP contribution in [0.1, 0.15) is 16.5 Å². The summed E-state index contributed by atoms with van der Waals surface area (Å²) in [5, 5.41) is 0.501. The summed E-state index contributed by atoms with van der Waals surface area (Å²) < 4.78 is 28.6. The summed E-state index contributed by atoms with van der Waals surface area (Å²) in [6, 6.07) is 14.8. The lowest BCUT2D eigenvalue weighted by molar-refractivity contribution is 0.611. The number of hydrogen-bond donors (Lipinski definition) is 0. The lowest BCUT2D eigenvalue weighted by Gasteiger charge is -2.15. The largest absolute Gasteiger partial charge is 0.207 e. The van der Waals surface area contributed by atoms with Crippen molar-refractivity contribution in [2.45, 2.75) is 5.38 Å². The molecular weight excluding hydrogens is 358 g/mol. The first-order valence-corrected chi connectivity index (χ1v) is 7.57. The van der Waals surface area contributed by atoms with Crippen molar-refractivity contribution < 1.29 is 8.78 Å². The topological polar surface area (TPSA) is 0 Å². The Kier molecular flexibility index (Phi) is 3.96. The van der Waals surface area contributed by atoms with Crippen LogP contribution in [0.5, 0.6) is 0 Å². The van der Waals surface area contributed by atoms with Crippen LogP contribution in [0.4, 0.5) is 8.78 Å². The predicted molar refractivity (Wildman–Crippen MR) is 85.7 cm³/mol. The van der Waals surface area contributed by atoms with E-state index < -0.39 is 11.2 Å². The highest BCUT2D eigenvalue weighted by molar-refractivity contribution is 9.10. The molecule has 3 rings (SSSR count). The lowest BCUT2D eigenvalue weighted by Crippen LogP contribution is -1.99. The smallest absolute Gasteiger partial charge is 0.131 e. The highest BCUT2D eigenvalue weighted by Crippen LogP contribution is 2.36. The molecule has 4 heteroatoms. The quantitative estimate of drug-likeness (QED) is 0.472. The van der Waals surface area contributed by atoms with Gasteiger partial charge in [0.1, 0.15) is 11.6 Å². The summed E-state index contributed by atoms with van der Waals surface area (Å²) in [5.74, 6) is -0.702. The maximum atomic E-state index is 14.1. The molecule has 0 spiro atoms. The van der Waals surface area contributed by atoms with E-state index in [0.29, 0.717) is 26.4 Å². The molecular formula is C17H10BrClF2. The van der Waals surface area contributed by atoms with Crippen molar-refractivity contribution in [1.82, 2.24) is 0 Å². The normalized spacial score (nSPS) is 12.6. The summed E-state index contributed by atoms with van der Waals surface area (Å²) in [7, 11) is 0. The second-order valence-corrected chi connectivity index (χ2v) is 6.06. The van der Waals surface area contributed by atoms with Gasteiger partial charge in [0.15, 0.2) is 0 Å². The molecule has 0 nitrogen and oxygen atoms in total. The van der Waals surface area contributed by atoms with E-state index in [1.54, 1.807) is 36.4 Å². The standard InChI is InChI=1S/C17H10BrClF2/c18-10-5-6-14(16(21)9-10)17(19)13-7-8-15(20)12-4-2-1-3-11(12)13/h1-9,17H. The van der Waals surface area contributed by atoms with Crippen molar-refractivity contribution >= 4 is 38.3 Å². The van der Waals surface area contributed by atoms with E-state index in [-0.39, 0.29) is 5.82 Å². The van der Waals surface area contributed by atoms with E-state index in [0.717, 1.165) is 0 Å². The fraction of sp³-hybridized carbons (Fsp3) is 0.0588. The van der Waals surface area contributed by atoms with Crippen LogP contribution in [-0.4, -0.2) is 0 Å². The summed E-state index contributed by atoms with van der Waals surface area (Å²) in [6.45, 7) is 0. The van der Waals surface area contributed by atoms with Gasteiger partial charge in [-0.25, -0.2) is 8.78 Å². The molecule has 106 valence electrons. The van der Waals surface area contributed by atoms with E-state index in [4.69, 9.17) is 11.6 Å². The summed E-state index contributed by atoms with van der Waals surface area (Å²) in [4.78, 5) is 0. The van der Waals surface area contributed by atoms with Gasteiger partial charge < -0.3 is 0 Å². The second-order valence-electron chi connectivity index (χ2n) is 4.71. The van der Waals surface area contributed by atoms with Crippen LogP contribution < -0.4 is 0 Å². The third-order valence-corrected chi connectivity index (χ3v) is 4.38. The van der Waals surface area contributed by atoms with Gasteiger partial charge in [-0.3, -0.25) is 0 Å². The zero-order valence-electron chi connectivity index (χ0n) is 10.8. The van der Waals surface area contributed by atoms with E-state index in [1.807, 2.05) is 6.07 Å². The molecule has 3 aromatic rings. The van der Waals surface area contributed by atoms with Crippen molar-refractivity contribution in [2.24, 2.45) is 0 Å². The third kappa shape index (κ3) is 2.68. The summed E-state index contributed by atoms with van der Waals surface area (Å²) in [6.07, 6.45) is 0. The summed E-state index contributed by atoms with van der Waals surface area (Å²) >= 11 is 9.66. The highest BCUT2D eigenvalue weighted by Gasteiger charge is 2.18. The first-order chi connectivity index (χ1) is 10.1. The van der Waals surface area contributed by atoms with Crippen molar-refractivity contribution in [3.8, 4) is 0 Å². The molecule has 21 heavy (non-hydrogen) atoms. The molecule has 0 aliphatic heterocycles. The molecule has 3 aromatic carbocycles. The molecule has 0 aromatic heterocycles. The van der Waals surface area contributed by atoms with Gasteiger partial charge in [0.05, 0.1) is 5.38 Å². The molecule has 0 fully saturated rings. The van der Waals surface area contributed by atoms with Crippen molar-refractivity contribution in [2.75, 3.05) is 0 Å². The first-order valence-electron chi connectivity index (χ1n) is 6.34. The molecule has 0 saturated carbocycles. The average Bonchev–Trinajstić information content (AvgIpc) is 2.47. The van der Waals surface area contributed by atoms with Crippen LogP contribution >= 0.6 is 27.5 Å². The van der Waals surface area contributed by atoms with Crippen molar-refractivity contribution in [1.29, 1.82) is 0 Å². The molecule has 1 atom stereocenters. The zero-order chi connectivity index (χ0) is 15.0. The maximum absolute atomic E-state index is 14.1. The Balaban J connectivity index is 2.18. The van der Waals surface area contributed by atoms with E-state index in [9.17, 15) is 8.78 Å². The molecule has 0 radical (unpaired) electrons. The minimum Gasteiger partial charge on any atom is -0.207 e. The van der Waals surface area contributed by atoms with Gasteiger partial charge in [-0.05, 0) is 29.1 Å². The minimum atomic E-state index is -0.677. The average molecular weight is 368 g/mol. The molecule has 0 aliphatic carbocycles. The van der Waals surface area contributed by atoms with Crippen LogP contribution in [0.15, 0.2) is 59.1 Å². The van der Waals surface area contributed by atoms with Crippen molar-refractivity contribution in [3.05, 3.63) is 81.8 Å². The van der Waals surface area contributed by atoms with Crippen LogP contribution in [0.25, 0.3) is 10.8 Å². The van der Waals surface area contributed by atoms with Gasteiger partial charge in [0.2, 0.25) is 0 Å². The van der Waals surface area contributed by atoms with Crippen LogP contribution in [0.2, 0.25) is 0 Å². The van der Waals surface area contributed by atoms with Gasteiger partial charge in [-0.1, -0.05) is 52.3 Å². The summed E-state index contributed by atoms with van der Waals surface area (Å²) in [5.41, 5.74) is 1.06. The Morgan fingerprint density at radius 2 is 1.48 bits per heavy atom. The monoisotopic (exact) mass is 366 g/mol. The Morgan fingerprint density at radius 3 is 2.19 bits per heavy atom. The molecule has 0 N–H and O–H groups in total. The molecule has 1 unspecified atom stereocenters. The van der Waals surface area contributed by atoms with Gasteiger partial charge >= 0.3 is 0 Å². The molecule has 0 aliphatic rings. The number of rotatable bonds is 2. The molecule has 0 heterocycles. The van der Waals surface area contributed by atoms with Gasteiger partial charge in [-0.2, -0.15) is 0 Å². The van der Waals surface area contributed by atoms with Crippen LogP contribution in [0.3, 0.4) is 0 Å². The van der Waals surface area contributed by atoms with Crippen molar-refractivity contribution in [3.63, 3.8) is 0 Å². The first kappa shape index (κ1) is 14.5. The number of alkyl halides is 1. The number of hydrogen-bond acceptors (Lipinski definition) is 0. The fourth-order valence-corrected chi connectivity index (χ4v) is 3.08. The van der Waals surface area contributed by atoms with Gasteiger partial charge in [0.25, 0.3) is 0 Å². The number of benzene rings is 3. The van der Waals surface area contributed by atoms with E-state index in [2.05, 4.69) is 15.9 Å². The Labute approximate surface area is 134 Å². The third-order valence-electron chi connectivity index (χ3n) is 3.41. The Hall–Kier alpha value is -1.45. The SMILES string of the molecule is Fc1cc(Br)ccc1C(Cl)c1ccc(F)c2ccccc12. The predicted octanol–water partition coefficient (Wildman–Crippen LogP) is 6.21. The highest BCUT2D eigenvalue weighted by atomic mass is 79.9. The number of fused-ring (bicyclic) bond motifs is 1. The lowest BCUT2D eigenvalue weighted by atomic mass is 9.97. The molecule has 0 amide bonds. The fourth-order valence-electron chi connectivity index (χ4n) is 2.38. The van der Waals surface area contributed by atoms with Crippen LogP contribution in [0, 0.1) is 11.6 Å². The van der Waals surface area contributed by atoms with Gasteiger partial charge in [-0.15, -0.1) is 11.6 Å². The molecule has 0 bridgehead atoms.